The molecule has 0 aromatic heterocycles. The molecule has 2 amide bonds. The number of urea groups is 1. The zero-order valence-corrected chi connectivity index (χ0v) is 14.6. The Labute approximate surface area is 151 Å². The number of rotatable bonds is 5. The Morgan fingerprint density at radius 3 is 1.81 bits per heavy atom. The van der Waals surface area contributed by atoms with Gasteiger partial charge in [-0.05, 0) is 48.5 Å². The fourth-order valence-corrected chi connectivity index (χ4v) is 3.55. The highest BCUT2D eigenvalue weighted by atomic mass is 32.2. The molecule has 0 aliphatic rings. The molecule has 0 heterocycles. The van der Waals surface area contributed by atoms with E-state index in [1.165, 1.54) is 17.0 Å². The summed E-state index contributed by atoms with van der Waals surface area (Å²) in [5, 5.41) is 0. The first kappa shape index (κ1) is 17.5. The third-order valence-electron chi connectivity index (χ3n) is 3.67. The molecule has 0 atom stereocenters. The van der Waals surface area contributed by atoms with Gasteiger partial charge in [0.1, 0.15) is 0 Å². The van der Waals surface area contributed by atoms with Crippen LogP contribution in [-0.2, 0) is 10.0 Å². The number of hydrogen-bond acceptors (Lipinski definition) is 3. The number of sulfonamides is 1. The van der Waals surface area contributed by atoms with Crippen molar-refractivity contribution in [2.75, 3.05) is 9.62 Å². The lowest BCUT2D eigenvalue weighted by Gasteiger charge is -2.21. The first-order valence-corrected chi connectivity index (χ1v) is 9.28. The number of nitrogens with two attached hydrogens (primary N) is 1. The van der Waals surface area contributed by atoms with Gasteiger partial charge in [0.2, 0.25) is 0 Å². The maximum atomic E-state index is 12.4. The van der Waals surface area contributed by atoms with Crippen molar-refractivity contribution in [3.05, 3.63) is 84.9 Å². The molecular formula is C19H17N3O3S. The zero-order chi connectivity index (χ0) is 18.6. The van der Waals surface area contributed by atoms with Gasteiger partial charge < -0.3 is 5.73 Å². The van der Waals surface area contributed by atoms with Crippen molar-refractivity contribution in [2.45, 2.75) is 4.90 Å². The molecule has 3 N–H and O–H groups in total. The number of benzene rings is 3. The topological polar surface area (TPSA) is 92.5 Å². The quantitative estimate of drug-likeness (QED) is 0.720. The van der Waals surface area contributed by atoms with Crippen molar-refractivity contribution < 1.29 is 13.2 Å². The minimum Gasteiger partial charge on any atom is -0.351 e. The van der Waals surface area contributed by atoms with Gasteiger partial charge >= 0.3 is 6.03 Å². The molecule has 7 heteroatoms. The number of primary amides is 1. The average molecular weight is 367 g/mol. The molecule has 0 aliphatic heterocycles. The summed E-state index contributed by atoms with van der Waals surface area (Å²) in [5.41, 5.74) is 7.03. The summed E-state index contributed by atoms with van der Waals surface area (Å²) in [5.74, 6) is 0. The molecule has 6 nitrogen and oxygen atoms in total. The fraction of sp³-hybridized carbons (Fsp3) is 0. The van der Waals surface area contributed by atoms with Crippen LogP contribution in [0.25, 0.3) is 0 Å². The van der Waals surface area contributed by atoms with Gasteiger partial charge in [0.15, 0.2) is 0 Å². The van der Waals surface area contributed by atoms with Crippen LogP contribution in [0.15, 0.2) is 89.8 Å². The van der Waals surface area contributed by atoms with Gasteiger partial charge in [-0.2, -0.15) is 0 Å². The molecule has 0 bridgehead atoms. The van der Waals surface area contributed by atoms with Crippen LogP contribution in [0.3, 0.4) is 0 Å². The van der Waals surface area contributed by atoms with Crippen LogP contribution in [0.5, 0.6) is 0 Å². The molecule has 26 heavy (non-hydrogen) atoms. The van der Waals surface area contributed by atoms with E-state index in [1.807, 2.05) is 6.07 Å². The molecule has 0 saturated heterocycles. The molecule has 0 spiro atoms. The molecule has 0 saturated carbocycles. The predicted molar refractivity (Wildman–Crippen MR) is 102 cm³/mol. The minimum atomic E-state index is -3.67. The lowest BCUT2D eigenvalue weighted by atomic mass is 10.2. The van der Waals surface area contributed by atoms with Gasteiger partial charge in [-0.3, -0.25) is 9.62 Å². The number of nitrogens with zero attached hydrogens (tertiary/aromatic N) is 1. The Hall–Kier alpha value is -3.32. The second-order valence-corrected chi connectivity index (χ2v) is 7.16. The third kappa shape index (κ3) is 3.84. The number of carbonyl (C=O) groups is 1. The summed E-state index contributed by atoms with van der Waals surface area (Å²) in [7, 11) is -3.67. The molecule has 0 radical (unpaired) electrons. The Bertz CT molecular complexity index is 989. The van der Waals surface area contributed by atoms with Crippen molar-refractivity contribution in [2.24, 2.45) is 5.73 Å². The van der Waals surface area contributed by atoms with E-state index in [0.717, 1.165) is 0 Å². The van der Waals surface area contributed by atoms with E-state index >= 15 is 0 Å². The maximum absolute atomic E-state index is 12.4. The first-order valence-electron chi connectivity index (χ1n) is 7.80. The van der Waals surface area contributed by atoms with E-state index in [2.05, 4.69) is 4.72 Å². The molecule has 132 valence electrons. The van der Waals surface area contributed by atoms with Crippen LogP contribution < -0.4 is 15.4 Å². The zero-order valence-electron chi connectivity index (χ0n) is 13.7. The van der Waals surface area contributed by atoms with E-state index in [0.29, 0.717) is 17.1 Å². The van der Waals surface area contributed by atoms with Crippen molar-refractivity contribution in [1.29, 1.82) is 0 Å². The Balaban J connectivity index is 1.85. The number of carbonyl (C=O) groups excluding carboxylic acids is 1. The van der Waals surface area contributed by atoms with E-state index in [4.69, 9.17) is 5.73 Å². The summed E-state index contributed by atoms with van der Waals surface area (Å²) in [6.45, 7) is 0. The van der Waals surface area contributed by atoms with E-state index in [1.54, 1.807) is 66.7 Å². The molecular weight excluding hydrogens is 350 g/mol. The Kier molecular flexibility index (Phi) is 4.90. The normalized spacial score (nSPS) is 10.9. The standard InChI is InChI=1S/C19H17N3O3S/c20-19(23)22(16-7-3-1-4-8-16)17-13-11-15(12-14-17)21-26(24,25)18-9-5-2-6-10-18/h1-14,21H,(H2,20,23). The lowest BCUT2D eigenvalue weighted by molar-refractivity contribution is 0.256. The molecule has 0 aliphatic carbocycles. The van der Waals surface area contributed by atoms with Crippen molar-refractivity contribution in [3.8, 4) is 0 Å². The summed E-state index contributed by atoms with van der Waals surface area (Å²) < 4.78 is 27.2. The van der Waals surface area contributed by atoms with Crippen LogP contribution in [0, 0.1) is 0 Å². The predicted octanol–water partition coefficient (Wildman–Crippen LogP) is 3.70. The van der Waals surface area contributed by atoms with Gasteiger partial charge in [-0.25, -0.2) is 13.2 Å². The van der Waals surface area contributed by atoms with Crippen LogP contribution in [0.4, 0.5) is 21.9 Å². The number of para-hydroxylation sites is 1. The molecule has 3 aromatic rings. The lowest BCUT2D eigenvalue weighted by Crippen LogP contribution is -2.31. The smallest absolute Gasteiger partial charge is 0.323 e. The second-order valence-electron chi connectivity index (χ2n) is 5.47. The number of hydrogen-bond donors (Lipinski definition) is 2. The monoisotopic (exact) mass is 367 g/mol. The van der Waals surface area contributed by atoms with Crippen molar-refractivity contribution in [3.63, 3.8) is 0 Å². The highest BCUT2D eigenvalue weighted by Crippen LogP contribution is 2.27. The van der Waals surface area contributed by atoms with Gasteiger partial charge in [-0.15, -0.1) is 0 Å². The van der Waals surface area contributed by atoms with Crippen LogP contribution in [0.2, 0.25) is 0 Å². The van der Waals surface area contributed by atoms with Crippen LogP contribution in [0.1, 0.15) is 0 Å². The molecule has 0 unspecified atom stereocenters. The summed E-state index contributed by atoms with van der Waals surface area (Å²) in [6.07, 6.45) is 0. The summed E-state index contributed by atoms with van der Waals surface area (Å²) >= 11 is 0. The van der Waals surface area contributed by atoms with Crippen molar-refractivity contribution >= 4 is 33.1 Å². The summed E-state index contributed by atoms with van der Waals surface area (Å²) in [6, 6.07) is 22.8. The van der Waals surface area contributed by atoms with E-state index in [-0.39, 0.29) is 4.90 Å². The van der Waals surface area contributed by atoms with Crippen LogP contribution >= 0.6 is 0 Å². The average Bonchev–Trinajstić information content (AvgIpc) is 2.64. The third-order valence-corrected chi connectivity index (χ3v) is 5.06. The molecule has 0 fully saturated rings. The minimum absolute atomic E-state index is 0.173. The number of nitrogens with one attached hydrogen (secondary N) is 1. The first-order chi connectivity index (χ1) is 12.5. The Morgan fingerprint density at radius 2 is 1.27 bits per heavy atom. The maximum Gasteiger partial charge on any atom is 0.323 e. The Morgan fingerprint density at radius 1 is 0.769 bits per heavy atom. The number of amides is 2. The van der Waals surface area contributed by atoms with Crippen LogP contribution in [-0.4, -0.2) is 14.4 Å². The highest BCUT2D eigenvalue weighted by Gasteiger charge is 2.16. The highest BCUT2D eigenvalue weighted by molar-refractivity contribution is 7.92. The van der Waals surface area contributed by atoms with Gasteiger partial charge in [-0.1, -0.05) is 36.4 Å². The SMILES string of the molecule is NC(=O)N(c1ccccc1)c1ccc(NS(=O)(=O)c2ccccc2)cc1. The molecule has 3 rings (SSSR count). The van der Waals surface area contributed by atoms with Gasteiger partial charge in [0, 0.05) is 5.69 Å². The fourth-order valence-electron chi connectivity index (χ4n) is 2.47. The van der Waals surface area contributed by atoms with Gasteiger partial charge in [0.25, 0.3) is 10.0 Å². The summed E-state index contributed by atoms with van der Waals surface area (Å²) in [4.78, 5) is 13.4. The second kappa shape index (κ2) is 7.28. The van der Waals surface area contributed by atoms with Crippen molar-refractivity contribution in [1.82, 2.24) is 0 Å². The van der Waals surface area contributed by atoms with E-state index < -0.39 is 16.1 Å². The van der Waals surface area contributed by atoms with Gasteiger partial charge in [0.05, 0.1) is 16.3 Å². The molecule has 3 aromatic carbocycles. The van der Waals surface area contributed by atoms with E-state index in [9.17, 15) is 13.2 Å². The number of anilines is 3. The largest absolute Gasteiger partial charge is 0.351 e.